The number of hydrogen-bond donors (Lipinski definition) is 0. The maximum absolute atomic E-state index is 12.4. The van der Waals surface area contributed by atoms with Crippen LogP contribution in [-0.4, -0.2) is 18.5 Å². The summed E-state index contributed by atoms with van der Waals surface area (Å²) in [5, 5.41) is 0. The summed E-state index contributed by atoms with van der Waals surface area (Å²) < 4.78 is 29.3. The molecule has 0 aliphatic carbocycles. The normalized spacial score (nSPS) is 10.9. The first-order valence-corrected chi connectivity index (χ1v) is 4.70. The van der Waals surface area contributed by atoms with Gasteiger partial charge >= 0.3 is 5.97 Å². The molecule has 0 unspecified atom stereocenters. The number of hydrogen-bond acceptors (Lipinski definition) is 2. The molecular weight excluding hydrogens is 214 g/mol. The zero-order chi connectivity index (χ0) is 12.2. The smallest absolute Gasteiger partial charge is 0.338 e. The first kappa shape index (κ1) is 12.4. The average Bonchev–Trinajstić information content (AvgIpc) is 2.25. The standard InChI is InChI=1S/C12H12F2O2/c1-3-9-4-6-10(7-5-9)11(15)16-8-12(2,13)14/h3-7H,1,8H2,2H3. The van der Waals surface area contributed by atoms with Gasteiger partial charge in [0.1, 0.15) is 0 Å². The van der Waals surface area contributed by atoms with E-state index in [4.69, 9.17) is 0 Å². The van der Waals surface area contributed by atoms with E-state index in [1.807, 2.05) is 0 Å². The number of rotatable bonds is 4. The second kappa shape index (κ2) is 4.88. The van der Waals surface area contributed by atoms with Crippen LogP contribution in [-0.2, 0) is 4.74 Å². The highest BCUT2D eigenvalue weighted by molar-refractivity contribution is 5.89. The van der Waals surface area contributed by atoms with Gasteiger partial charge in [-0.3, -0.25) is 0 Å². The van der Waals surface area contributed by atoms with Crippen molar-refractivity contribution in [2.45, 2.75) is 12.8 Å². The fourth-order valence-corrected chi connectivity index (χ4v) is 1.03. The highest BCUT2D eigenvalue weighted by Crippen LogP contribution is 2.13. The van der Waals surface area contributed by atoms with E-state index < -0.39 is 18.5 Å². The Balaban J connectivity index is 2.63. The van der Waals surface area contributed by atoms with Crippen LogP contribution in [0.1, 0.15) is 22.8 Å². The van der Waals surface area contributed by atoms with E-state index in [9.17, 15) is 13.6 Å². The van der Waals surface area contributed by atoms with Crippen molar-refractivity contribution in [1.82, 2.24) is 0 Å². The Hall–Kier alpha value is -1.71. The SMILES string of the molecule is C=Cc1ccc(C(=O)OCC(C)(F)F)cc1. The van der Waals surface area contributed by atoms with Crippen molar-refractivity contribution >= 4 is 12.0 Å². The number of alkyl halides is 2. The molecule has 0 aromatic heterocycles. The van der Waals surface area contributed by atoms with Crippen molar-refractivity contribution in [2.24, 2.45) is 0 Å². The lowest BCUT2D eigenvalue weighted by atomic mass is 10.1. The monoisotopic (exact) mass is 226 g/mol. The van der Waals surface area contributed by atoms with Crippen LogP contribution in [0, 0.1) is 0 Å². The third-order valence-corrected chi connectivity index (χ3v) is 1.84. The Kier molecular flexibility index (Phi) is 3.77. The summed E-state index contributed by atoms with van der Waals surface area (Å²) in [6, 6.07) is 6.33. The summed E-state index contributed by atoms with van der Waals surface area (Å²) in [6.07, 6.45) is 1.62. The summed E-state index contributed by atoms with van der Waals surface area (Å²) in [6.45, 7) is 3.35. The van der Waals surface area contributed by atoms with E-state index >= 15 is 0 Å². The largest absolute Gasteiger partial charge is 0.456 e. The molecular formula is C12H12F2O2. The molecule has 0 N–H and O–H groups in total. The van der Waals surface area contributed by atoms with Crippen LogP contribution < -0.4 is 0 Å². The van der Waals surface area contributed by atoms with Crippen LogP contribution in [0.3, 0.4) is 0 Å². The van der Waals surface area contributed by atoms with Crippen LogP contribution in [0.4, 0.5) is 8.78 Å². The van der Waals surface area contributed by atoms with Crippen molar-refractivity contribution in [2.75, 3.05) is 6.61 Å². The molecule has 0 aliphatic rings. The summed E-state index contributed by atoms with van der Waals surface area (Å²) in [7, 11) is 0. The number of ether oxygens (including phenoxy) is 1. The summed E-state index contributed by atoms with van der Waals surface area (Å²) in [5.41, 5.74) is 1.09. The number of benzene rings is 1. The predicted octanol–water partition coefficient (Wildman–Crippen LogP) is 3.14. The highest BCUT2D eigenvalue weighted by Gasteiger charge is 2.23. The molecule has 0 bridgehead atoms. The minimum absolute atomic E-state index is 0.245. The van der Waals surface area contributed by atoms with Gasteiger partial charge in [0.05, 0.1) is 5.56 Å². The van der Waals surface area contributed by atoms with Gasteiger partial charge in [-0.15, -0.1) is 0 Å². The van der Waals surface area contributed by atoms with Crippen molar-refractivity contribution in [1.29, 1.82) is 0 Å². The topological polar surface area (TPSA) is 26.3 Å². The quantitative estimate of drug-likeness (QED) is 0.737. The van der Waals surface area contributed by atoms with Gasteiger partial charge in [0.2, 0.25) is 0 Å². The average molecular weight is 226 g/mol. The van der Waals surface area contributed by atoms with Gasteiger partial charge < -0.3 is 4.74 Å². The lowest BCUT2D eigenvalue weighted by Crippen LogP contribution is -2.21. The molecule has 1 aromatic carbocycles. The molecule has 0 atom stereocenters. The molecule has 1 rings (SSSR count). The van der Waals surface area contributed by atoms with Gasteiger partial charge in [-0.2, -0.15) is 0 Å². The maximum atomic E-state index is 12.4. The van der Waals surface area contributed by atoms with Gasteiger partial charge in [0.15, 0.2) is 6.61 Å². The van der Waals surface area contributed by atoms with E-state index in [0.29, 0.717) is 6.92 Å². The van der Waals surface area contributed by atoms with Gasteiger partial charge in [-0.25, -0.2) is 13.6 Å². The van der Waals surface area contributed by atoms with Crippen molar-refractivity contribution < 1.29 is 18.3 Å². The second-order valence-corrected chi connectivity index (χ2v) is 3.47. The highest BCUT2D eigenvalue weighted by atomic mass is 19.3. The first-order chi connectivity index (χ1) is 7.42. The number of esters is 1. The van der Waals surface area contributed by atoms with Crippen molar-refractivity contribution in [3.63, 3.8) is 0 Å². The first-order valence-electron chi connectivity index (χ1n) is 4.70. The molecule has 0 spiro atoms. The molecule has 0 fully saturated rings. The van der Waals surface area contributed by atoms with Crippen LogP contribution in [0.5, 0.6) is 0 Å². The molecule has 0 saturated heterocycles. The number of carbonyl (C=O) groups is 1. The van der Waals surface area contributed by atoms with Crippen LogP contribution in [0.2, 0.25) is 0 Å². The lowest BCUT2D eigenvalue weighted by Gasteiger charge is -2.10. The minimum atomic E-state index is -3.00. The molecule has 0 amide bonds. The van der Waals surface area contributed by atoms with Gasteiger partial charge in [-0.05, 0) is 17.7 Å². The molecule has 0 aliphatic heterocycles. The van der Waals surface area contributed by atoms with Gasteiger partial charge in [-0.1, -0.05) is 24.8 Å². The minimum Gasteiger partial charge on any atom is -0.456 e. The van der Waals surface area contributed by atoms with Crippen molar-refractivity contribution in [3.05, 3.63) is 42.0 Å². The van der Waals surface area contributed by atoms with Gasteiger partial charge in [0.25, 0.3) is 5.92 Å². The fraction of sp³-hybridized carbons (Fsp3) is 0.250. The Morgan fingerprint density at radius 2 is 2.00 bits per heavy atom. The summed E-state index contributed by atoms with van der Waals surface area (Å²) in [5.74, 6) is -3.76. The molecule has 2 nitrogen and oxygen atoms in total. The Morgan fingerprint density at radius 1 is 1.44 bits per heavy atom. The predicted molar refractivity (Wildman–Crippen MR) is 57.4 cm³/mol. The molecule has 1 aromatic rings. The third-order valence-electron chi connectivity index (χ3n) is 1.84. The van der Waals surface area contributed by atoms with E-state index in [0.717, 1.165) is 5.56 Å². The molecule has 16 heavy (non-hydrogen) atoms. The number of halogens is 2. The van der Waals surface area contributed by atoms with Gasteiger partial charge in [0, 0.05) is 6.92 Å². The van der Waals surface area contributed by atoms with E-state index in [2.05, 4.69) is 11.3 Å². The zero-order valence-electron chi connectivity index (χ0n) is 8.87. The van der Waals surface area contributed by atoms with Crippen LogP contribution in [0.15, 0.2) is 30.8 Å². The maximum Gasteiger partial charge on any atom is 0.338 e. The van der Waals surface area contributed by atoms with Crippen LogP contribution >= 0.6 is 0 Å². The molecule has 4 heteroatoms. The molecule has 0 radical (unpaired) electrons. The Morgan fingerprint density at radius 3 is 2.44 bits per heavy atom. The summed E-state index contributed by atoms with van der Waals surface area (Å²) in [4.78, 5) is 11.3. The third kappa shape index (κ3) is 3.81. The Bertz CT molecular complexity index is 377. The van der Waals surface area contributed by atoms with E-state index in [1.165, 1.54) is 12.1 Å². The number of carbonyl (C=O) groups excluding carboxylic acids is 1. The Labute approximate surface area is 92.5 Å². The second-order valence-electron chi connectivity index (χ2n) is 3.47. The lowest BCUT2D eigenvalue weighted by molar-refractivity contribution is -0.0466. The summed E-state index contributed by atoms with van der Waals surface area (Å²) >= 11 is 0. The zero-order valence-corrected chi connectivity index (χ0v) is 8.87. The fourth-order valence-electron chi connectivity index (χ4n) is 1.03. The van der Waals surface area contributed by atoms with E-state index in [-0.39, 0.29) is 5.56 Å². The molecule has 0 heterocycles. The molecule has 0 saturated carbocycles. The van der Waals surface area contributed by atoms with Crippen LogP contribution in [0.25, 0.3) is 6.08 Å². The van der Waals surface area contributed by atoms with Crippen molar-refractivity contribution in [3.8, 4) is 0 Å². The molecule has 86 valence electrons. The van der Waals surface area contributed by atoms with E-state index in [1.54, 1.807) is 18.2 Å².